The van der Waals surface area contributed by atoms with Crippen LogP contribution in [0.2, 0.25) is 5.15 Å². The molecule has 0 saturated heterocycles. The van der Waals surface area contributed by atoms with Crippen LogP contribution in [0.4, 0.5) is 0 Å². The molecule has 0 bridgehead atoms. The van der Waals surface area contributed by atoms with Gasteiger partial charge in [-0.3, -0.25) is 0 Å². The first kappa shape index (κ1) is 15.2. The van der Waals surface area contributed by atoms with Crippen LogP contribution >= 0.6 is 11.6 Å². The lowest BCUT2D eigenvalue weighted by atomic mass is 10.0. The molecule has 0 saturated carbocycles. The third-order valence-corrected chi connectivity index (χ3v) is 3.37. The van der Waals surface area contributed by atoms with E-state index in [1.807, 2.05) is 19.9 Å². The summed E-state index contributed by atoms with van der Waals surface area (Å²) in [5, 5.41) is 9.82. The van der Waals surface area contributed by atoms with E-state index in [4.69, 9.17) is 16.3 Å². The summed E-state index contributed by atoms with van der Waals surface area (Å²) >= 11 is 5.97. The number of nitrogens with zero attached hydrogens (tertiary/aromatic N) is 1. The molecule has 0 aromatic carbocycles. The number of aliphatic hydroxyl groups is 1. The molecule has 0 aliphatic rings. The van der Waals surface area contributed by atoms with Crippen molar-refractivity contribution in [1.29, 1.82) is 0 Å². The highest BCUT2D eigenvalue weighted by atomic mass is 35.5. The zero-order valence-electron chi connectivity index (χ0n) is 11.1. The Kier molecular flexibility index (Phi) is 5.79. The fourth-order valence-corrected chi connectivity index (χ4v) is 1.69. The molecular formula is C14H20ClNO2. The van der Waals surface area contributed by atoms with Crippen molar-refractivity contribution in [3.63, 3.8) is 0 Å². The van der Waals surface area contributed by atoms with Crippen LogP contribution in [0.25, 0.3) is 5.57 Å². The van der Waals surface area contributed by atoms with E-state index in [-0.39, 0.29) is 6.10 Å². The van der Waals surface area contributed by atoms with Crippen LogP contribution in [-0.4, -0.2) is 28.9 Å². The van der Waals surface area contributed by atoms with Crippen molar-refractivity contribution in [2.45, 2.75) is 39.4 Å². The van der Waals surface area contributed by atoms with E-state index in [2.05, 4.69) is 11.6 Å². The van der Waals surface area contributed by atoms with E-state index in [9.17, 15) is 5.11 Å². The molecule has 18 heavy (non-hydrogen) atoms. The van der Waals surface area contributed by atoms with Gasteiger partial charge in [-0.2, -0.15) is 0 Å². The molecule has 1 aromatic heterocycles. The van der Waals surface area contributed by atoms with Crippen LogP contribution in [0.1, 0.15) is 31.4 Å². The first-order valence-corrected chi connectivity index (χ1v) is 6.40. The standard InChI is InChI=1S/C14H20ClNO2/c1-9(6-8-18-12(4)11(3)17)13-5-7-16-14(15)10(13)2/h5,7,11-12,17H,1,6,8H2,2-4H3/t11-,12?/m1/s1. The Bertz CT molecular complexity index is 418. The number of aliphatic hydroxyl groups excluding tert-OH is 1. The first-order valence-electron chi connectivity index (χ1n) is 6.02. The molecule has 0 aliphatic carbocycles. The number of hydrogen-bond donors (Lipinski definition) is 1. The summed E-state index contributed by atoms with van der Waals surface area (Å²) in [5.74, 6) is 0. The molecule has 1 unspecified atom stereocenters. The van der Waals surface area contributed by atoms with Gasteiger partial charge in [0.15, 0.2) is 0 Å². The summed E-state index contributed by atoms with van der Waals surface area (Å²) < 4.78 is 5.51. The zero-order chi connectivity index (χ0) is 13.7. The van der Waals surface area contributed by atoms with Crippen LogP contribution in [0.15, 0.2) is 18.8 Å². The number of hydrogen-bond acceptors (Lipinski definition) is 3. The van der Waals surface area contributed by atoms with E-state index < -0.39 is 6.10 Å². The summed E-state index contributed by atoms with van der Waals surface area (Å²) in [5.41, 5.74) is 2.92. The molecule has 1 N–H and O–H groups in total. The lowest BCUT2D eigenvalue weighted by Crippen LogP contribution is -2.23. The molecule has 0 aliphatic heterocycles. The van der Waals surface area contributed by atoms with Crippen molar-refractivity contribution in [2.24, 2.45) is 0 Å². The van der Waals surface area contributed by atoms with Gasteiger partial charge in [-0.15, -0.1) is 0 Å². The van der Waals surface area contributed by atoms with Gasteiger partial charge < -0.3 is 9.84 Å². The Hall–Kier alpha value is -0.900. The summed E-state index contributed by atoms with van der Waals surface area (Å²) in [6.45, 7) is 10.1. The van der Waals surface area contributed by atoms with Gasteiger partial charge in [-0.25, -0.2) is 4.98 Å². The highest BCUT2D eigenvalue weighted by Crippen LogP contribution is 2.24. The lowest BCUT2D eigenvalue weighted by molar-refractivity contribution is -0.0157. The number of ether oxygens (including phenoxy) is 1. The molecular weight excluding hydrogens is 250 g/mol. The molecule has 4 heteroatoms. The minimum absolute atomic E-state index is 0.167. The largest absolute Gasteiger partial charge is 0.391 e. The van der Waals surface area contributed by atoms with Crippen molar-refractivity contribution in [2.75, 3.05) is 6.61 Å². The maximum Gasteiger partial charge on any atom is 0.132 e. The van der Waals surface area contributed by atoms with Crippen molar-refractivity contribution in [3.05, 3.63) is 35.1 Å². The van der Waals surface area contributed by atoms with E-state index in [1.54, 1.807) is 13.1 Å². The lowest BCUT2D eigenvalue weighted by Gasteiger charge is -2.16. The summed E-state index contributed by atoms with van der Waals surface area (Å²) in [7, 11) is 0. The van der Waals surface area contributed by atoms with Crippen LogP contribution in [0, 0.1) is 6.92 Å². The van der Waals surface area contributed by atoms with Gasteiger partial charge in [-0.05, 0) is 50.0 Å². The molecule has 1 heterocycles. The normalized spacial score (nSPS) is 14.3. The van der Waals surface area contributed by atoms with Crippen LogP contribution in [-0.2, 0) is 4.74 Å². The molecule has 0 amide bonds. The van der Waals surface area contributed by atoms with E-state index >= 15 is 0 Å². The smallest absolute Gasteiger partial charge is 0.132 e. The number of aromatic nitrogens is 1. The second kappa shape index (κ2) is 6.88. The van der Waals surface area contributed by atoms with Crippen molar-refractivity contribution >= 4 is 17.2 Å². The molecule has 0 spiro atoms. The van der Waals surface area contributed by atoms with Crippen molar-refractivity contribution in [1.82, 2.24) is 4.98 Å². The summed E-state index contributed by atoms with van der Waals surface area (Å²) in [4.78, 5) is 4.01. The van der Waals surface area contributed by atoms with Gasteiger partial charge in [0, 0.05) is 6.20 Å². The van der Waals surface area contributed by atoms with E-state index in [0.29, 0.717) is 18.2 Å². The second-order valence-electron chi connectivity index (χ2n) is 4.44. The van der Waals surface area contributed by atoms with Crippen LogP contribution in [0.3, 0.4) is 0 Å². The molecule has 1 aromatic rings. The average Bonchev–Trinajstić information content (AvgIpc) is 2.32. The molecule has 2 atom stereocenters. The first-order chi connectivity index (χ1) is 8.43. The number of halogens is 1. The number of rotatable bonds is 6. The highest BCUT2D eigenvalue weighted by Gasteiger charge is 2.10. The predicted octanol–water partition coefficient (Wildman–Crippen LogP) is 3.23. The van der Waals surface area contributed by atoms with Gasteiger partial charge in [-0.1, -0.05) is 18.2 Å². The fraction of sp³-hybridized carbons (Fsp3) is 0.500. The molecule has 0 fully saturated rings. The Morgan fingerprint density at radius 2 is 2.22 bits per heavy atom. The van der Waals surface area contributed by atoms with Gasteiger partial charge in [0.1, 0.15) is 5.15 Å². The maximum absolute atomic E-state index is 9.31. The maximum atomic E-state index is 9.31. The predicted molar refractivity (Wildman–Crippen MR) is 74.7 cm³/mol. The summed E-state index contributed by atoms with van der Waals surface area (Å²) in [6.07, 6.45) is 1.75. The van der Waals surface area contributed by atoms with Gasteiger partial charge >= 0.3 is 0 Å². The van der Waals surface area contributed by atoms with Gasteiger partial charge in [0.05, 0.1) is 18.8 Å². The second-order valence-corrected chi connectivity index (χ2v) is 4.80. The Balaban J connectivity index is 2.54. The Morgan fingerprint density at radius 3 is 2.83 bits per heavy atom. The van der Waals surface area contributed by atoms with Crippen LogP contribution < -0.4 is 0 Å². The third kappa shape index (κ3) is 4.09. The zero-order valence-corrected chi connectivity index (χ0v) is 11.9. The Labute approximate surface area is 113 Å². The van der Waals surface area contributed by atoms with Crippen molar-refractivity contribution in [3.8, 4) is 0 Å². The Morgan fingerprint density at radius 1 is 1.56 bits per heavy atom. The molecule has 1 rings (SSSR count). The minimum Gasteiger partial charge on any atom is -0.391 e. The topological polar surface area (TPSA) is 42.4 Å². The molecule has 3 nitrogen and oxygen atoms in total. The van der Waals surface area contributed by atoms with E-state index in [0.717, 1.165) is 16.7 Å². The minimum atomic E-state index is -0.463. The van der Waals surface area contributed by atoms with Gasteiger partial charge in [0.25, 0.3) is 0 Å². The highest BCUT2D eigenvalue weighted by molar-refractivity contribution is 6.30. The van der Waals surface area contributed by atoms with Crippen molar-refractivity contribution < 1.29 is 9.84 Å². The van der Waals surface area contributed by atoms with E-state index in [1.165, 1.54) is 0 Å². The SMILES string of the molecule is C=C(CCOC(C)[C@@H](C)O)c1ccnc(Cl)c1C. The average molecular weight is 270 g/mol. The summed E-state index contributed by atoms with van der Waals surface area (Å²) in [6, 6.07) is 1.90. The van der Waals surface area contributed by atoms with Gasteiger partial charge in [0.2, 0.25) is 0 Å². The number of pyridine rings is 1. The quantitative estimate of drug-likeness (QED) is 0.806. The fourth-order valence-electron chi connectivity index (χ4n) is 1.54. The third-order valence-electron chi connectivity index (χ3n) is 2.99. The monoisotopic (exact) mass is 269 g/mol. The van der Waals surface area contributed by atoms with Crippen LogP contribution in [0.5, 0.6) is 0 Å². The molecule has 100 valence electrons. The molecule has 0 radical (unpaired) electrons.